The molecule has 0 aliphatic carbocycles. The maximum Gasteiger partial charge on any atom is 0.243 e. The van der Waals surface area contributed by atoms with Crippen molar-refractivity contribution in [1.29, 1.82) is 0 Å². The zero-order valence-electron chi connectivity index (χ0n) is 20.0. The number of amides is 2. The summed E-state index contributed by atoms with van der Waals surface area (Å²) in [7, 11) is -1.04. The van der Waals surface area contributed by atoms with Gasteiger partial charge >= 0.3 is 0 Å². The van der Waals surface area contributed by atoms with Crippen LogP contribution in [0.2, 0.25) is 5.02 Å². The number of likely N-dealkylation sites (N-methyl/N-ethyl adjacent to an activating group) is 1. The van der Waals surface area contributed by atoms with Gasteiger partial charge in [-0.15, -0.1) is 0 Å². The summed E-state index contributed by atoms with van der Waals surface area (Å²) in [4.78, 5) is 27.7. The van der Waals surface area contributed by atoms with Crippen LogP contribution in [0.3, 0.4) is 0 Å². The van der Waals surface area contributed by atoms with E-state index in [-0.39, 0.29) is 17.3 Å². The van der Waals surface area contributed by atoms with Gasteiger partial charge in [0.2, 0.25) is 21.8 Å². The molecule has 2 rings (SSSR count). The predicted molar refractivity (Wildman–Crippen MR) is 132 cm³/mol. The third kappa shape index (κ3) is 7.19. The van der Waals surface area contributed by atoms with E-state index in [9.17, 15) is 18.0 Å². The number of nitrogens with zero attached hydrogens (tertiary/aromatic N) is 2. The van der Waals surface area contributed by atoms with Crippen LogP contribution in [0.15, 0.2) is 53.4 Å². The van der Waals surface area contributed by atoms with Crippen LogP contribution in [0.1, 0.15) is 32.3 Å². The lowest BCUT2D eigenvalue weighted by Gasteiger charge is -2.32. The first-order valence-corrected chi connectivity index (χ1v) is 12.9. The molecule has 1 atom stereocenters. The molecule has 0 saturated carbocycles. The Morgan fingerprint density at radius 3 is 2.38 bits per heavy atom. The highest BCUT2D eigenvalue weighted by Crippen LogP contribution is 2.20. The maximum atomic E-state index is 13.4. The minimum atomic E-state index is -3.93. The van der Waals surface area contributed by atoms with E-state index in [0.29, 0.717) is 23.7 Å². The Kier molecular flexibility index (Phi) is 10.3. The Bertz CT molecular complexity index is 1080. The van der Waals surface area contributed by atoms with Gasteiger partial charge in [-0.3, -0.25) is 9.59 Å². The molecule has 0 unspecified atom stereocenters. The van der Waals surface area contributed by atoms with Gasteiger partial charge in [0.05, 0.1) is 18.6 Å². The molecule has 0 radical (unpaired) electrons. The van der Waals surface area contributed by atoms with E-state index in [1.54, 1.807) is 25.3 Å². The molecule has 2 amide bonds. The Morgan fingerprint density at radius 1 is 1.12 bits per heavy atom. The zero-order chi connectivity index (χ0) is 25.3. The molecule has 2 aromatic rings. The first-order chi connectivity index (χ1) is 16.1. The summed E-state index contributed by atoms with van der Waals surface area (Å²) in [6.07, 6.45) is 1.13. The zero-order valence-corrected chi connectivity index (χ0v) is 21.5. The average molecular weight is 510 g/mol. The number of hydrogen-bond acceptors (Lipinski definition) is 5. The van der Waals surface area contributed by atoms with Gasteiger partial charge in [-0.2, -0.15) is 4.31 Å². The van der Waals surface area contributed by atoms with Crippen LogP contribution in [0.4, 0.5) is 0 Å². The summed E-state index contributed by atoms with van der Waals surface area (Å²) < 4.78 is 32.2. The van der Waals surface area contributed by atoms with Gasteiger partial charge in [0, 0.05) is 25.2 Å². The number of nitrogens with one attached hydrogen (secondary N) is 1. The molecule has 0 aliphatic rings. The quantitative estimate of drug-likeness (QED) is 0.473. The Balaban J connectivity index is 2.32. The van der Waals surface area contributed by atoms with E-state index < -0.39 is 28.5 Å². The van der Waals surface area contributed by atoms with Gasteiger partial charge < -0.3 is 15.0 Å². The van der Waals surface area contributed by atoms with Crippen LogP contribution in [-0.2, 0) is 26.2 Å². The number of ether oxygens (including phenoxy) is 1. The summed E-state index contributed by atoms with van der Waals surface area (Å²) in [6.45, 7) is 3.95. The van der Waals surface area contributed by atoms with Crippen LogP contribution < -0.4 is 10.1 Å². The van der Waals surface area contributed by atoms with Crippen molar-refractivity contribution in [3.05, 3.63) is 59.1 Å². The van der Waals surface area contributed by atoms with Crippen LogP contribution in [-0.4, -0.2) is 62.7 Å². The largest absolute Gasteiger partial charge is 0.497 e. The summed E-state index contributed by atoms with van der Waals surface area (Å²) >= 11 is 5.87. The van der Waals surface area contributed by atoms with Crippen molar-refractivity contribution in [2.75, 3.05) is 27.2 Å². The SMILES string of the molecule is CCCNC(=O)[C@H](CC)N(Cc1cccc(OC)c1)C(=O)CN(C)S(=O)(=O)c1ccc(Cl)cc1. The van der Waals surface area contributed by atoms with Crippen molar-refractivity contribution >= 4 is 33.4 Å². The Labute approximate surface area is 206 Å². The fraction of sp³-hybridized carbons (Fsp3) is 0.417. The number of hydrogen-bond donors (Lipinski definition) is 1. The lowest BCUT2D eigenvalue weighted by atomic mass is 10.1. The molecule has 0 bridgehead atoms. The van der Waals surface area contributed by atoms with Crippen molar-refractivity contribution in [3.63, 3.8) is 0 Å². The van der Waals surface area contributed by atoms with E-state index in [1.165, 1.54) is 36.2 Å². The van der Waals surface area contributed by atoms with Crippen molar-refractivity contribution in [2.24, 2.45) is 0 Å². The molecule has 8 nitrogen and oxygen atoms in total. The van der Waals surface area contributed by atoms with E-state index in [0.717, 1.165) is 16.3 Å². The van der Waals surface area contributed by atoms with Gasteiger partial charge in [-0.25, -0.2) is 8.42 Å². The van der Waals surface area contributed by atoms with Crippen LogP contribution in [0.25, 0.3) is 0 Å². The van der Waals surface area contributed by atoms with Crippen molar-refractivity contribution in [3.8, 4) is 5.75 Å². The molecule has 186 valence electrons. The van der Waals surface area contributed by atoms with Gasteiger partial charge in [-0.05, 0) is 54.8 Å². The highest BCUT2D eigenvalue weighted by atomic mass is 35.5. The molecule has 1 N–H and O–H groups in total. The molecule has 0 saturated heterocycles. The Hall–Kier alpha value is -2.62. The van der Waals surface area contributed by atoms with Crippen molar-refractivity contribution in [1.82, 2.24) is 14.5 Å². The summed E-state index contributed by atoms with van der Waals surface area (Å²) in [5, 5.41) is 3.25. The second-order valence-corrected chi connectivity index (χ2v) is 10.3. The molecule has 34 heavy (non-hydrogen) atoms. The molecule has 0 aromatic heterocycles. The van der Waals surface area contributed by atoms with E-state index in [4.69, 9.17) is 16.3 Å². The smallest absolute Gasteiger partial charge is 0.243 e. The van der Waals surface area contributed by atoms with Gasteiger partial charge in [-0.1, -0.05) is 37.6 Å². The highest BCUT2D eigenvalue weighted by molar-refractivity contribution is 7.89. The number of rotatable bonds is 12. The van der Waals surface area contributed by atoms with Crippen LogP contribution >= 0.6 is 11.6 Å². The standard InChI is InChI=1S/C24H32ClN3O5S/c1-5-14-26-24(30)22(6-2)28(16-18-8-7-9-20(15-18)33-4)23(29)17-27(3)34(31,32)21-12-10-19(25)11-13-21/h7-13,15,22H,5-6,14,16-17H2,1-4H3,(H,26,30)/t22-/m0/s1. The molecular formula is C24H32ClN3O5S. The summed E-state index contributed by atoms with van der Waals surface area (Å²) in [5.74, 6) is -0.138. The third-order valence-electron chi connectivity index (χ3n) is 5.30. The monoisotopic (exact) mass is 509 g/mol. The number of benzene rings is 2. The molecule has 0 aliphatic heterocycles. The first-order valence-electron chi connectivity index (χ1n) is 11.1. The Morgan fingerprint density at radius 2 is 1.79 bits per heavy atom. The van der Waals surface area contributed by atoms with Crippen molar-refractivity contribution < 1.29 is 22.7 Å². The minimum absolute atomic E-state index is 0.0271. The van der Waals surface area contributed by atoms with Gasteiger partial charge in [0.1, 0.15) is 11.8 Å². The van der Waals surface area contributed by atoms with Gasteiger partial charge in [0.15, 0.2) is 0 Å². The first kappa shape index (κ1) is 27.6. The van der Waals surface area contributed by atoms with E-state index >= 15 is 0 Å². The maximum absolute atomic E-state index is 13.4. The van der Waals surface area contributed by atoms with E-state index in [2.05, 4.69) is 5.32 Å². The summed E-state index contributed by atoms with van der Waals surface area (Å²) in [6, 6.07) is 12.2. The van der Waals surface area contributed by atoms with Crippen LogP contribution in [0.5, 0.6) is 5.75 Å². The van der Waals surface area contributed by atoms with Gasteiger partial charge in [0.25, 0.3) is 0 Å². The van der Waals surface area contributed by atoms with E-state index in [1.807, 2.05) is 19.9 Å². The number of sulfonamides is 1. The fourth-order valence-electron chi connectivity index (χ4n) is 3.41. The molecule has 0 spiro atoms. The summed E-state index contributed by atoms with van der Waals surface area (Å²) in [5.41, 5.74) is 0.762. The highest BCUT2D eigenvalue weighted by Gasteiger charge is 2.31. The third-order valence-corrected chi connectivity index (χ3v) is 7.37. The molecular weight excluding hydrogens is 478 g/mol. The molecule has 2 aromatic carbocycles. The lowest BCUT2D eigenvalue weighted by molar-refractivity contribution is -0.141. The fourth-order valence-corrected chi connectivity index (χ4v) is 4.65. The average Bonchev–Trinajstić information content (AvgIpc) is 2.82. The number of carbonyl (C=O) groups is 2. The minimum Gasteiger partial charge on any atom is -0.497 e. The second-order valence-electron chi connectivity index (χ2n) is 7.80. The molecule has 10 heteroatoms. The topological polar surface area (TPSA) is 96.0 Å². The van der Waals surface area contributed by atoms with Crippen molar-refractivity contribution in [2.45, 2.75) is 44.2 Å². The number of halogens is 1. The molecule has 0 heterocycles. The molecule has 0 fully saturated rings. The van der Waals surface area contributed by atoms with Crippen LogP contribution in [0, 0.1) is 0 Å². The predicted octanol–water partition coefficient (Wildman–Crippen LogP) is 3.30. The second kappa shape index (κ2) is 12.7. The number of methoxy groups -OCH3 is 1. The normalized spacial score (nSPS) is 12.3. The number of carbonyl (C=O) groups excluding carboxylic acids is 2. The lowest BCUT2D eigenvalue weighted by Crippen LogP contribution is -2.51.